The predicted molar refractivity (Wildman–Crippen MR) is 114 cm³/mol. The lowest BCUT2D eigenvalue weighted by atomic mass is 10.2. The van der Waals surface area contributed by atoms with Crippen molar-refractivity contribution in [1.82, 2.24) is 15.3 Å². The molecule has 1 fully saturated rings. The van der Waals surface area contributed by atoms with Crippen molar-refractivity contribution < 1.29 is 9.47 Å². The molecule has 1 atom stereocenters. The fraction of sp³-hybridized carbons (Fsp3) is 0.273. The van der Waals surface area contributed by atoms with Crippen molar-refractivity contribution in [2.45, 2.75) is 18.9 Å². The zero-order valence-corrected chi connectivity index (χ0v) is 16.4. The number of methoxy groups -OCH3 is 1. The first-order valence-corrected chi connectivity index (χ1v) is 9.73. The minimum absolute atomic E-state index is 0.442. The maximum atomic E-state index is 6.10. The Morgan fingerprint density at radius 3 is 2.72 bits per heavy atom. The van der Waals surface area contributed by atoms with Crippen LogP contribution in [0.2, 0.25) is 0 Å². The van der Waals surface area contributed by atoms with Gasteiger partial charge in [0.1, 0.15) is 17.2 Å². The van der Waals surface area contributed by atoms with Crippen LogP contribution < -0.4 is 25.8 Å². The fourth-order valence-corrected chi connectivity index (χ4v) is 3.30. The summed E-state index contributed by atoms with van der Waals surface area (Å²) < 4.78 is 11.3. The quantitative estimate of drug-likeness (QED) is 0.529. The second-order valence-electron chi connectivity index (χ2n) is 6.99. The van der Waals surface area contributed by atoms with E-state index in [-0.39, 0.29) is 0 Å². The number of nitrogens with two attached hydrogens (primary N) is 1. The summed E-state index contributed by atoms with van der Waals surface area (Å²) in [5, 5.41) is 6.91. The fourth-order valence-electron chi connectivity index (χ4n) is 3.30. The summed E-state index contributed by atoms with van der Waals surface area (Å²) in [6, 6.07) is 15.3. The summed E-state index contributed by atoms with van der Waals surface area (Å²) in [5.74, 6) is 2.47. The van der Waals surface area contributed by atoms with Gasteiger partial charge in [-0.25, -0.2) is 4.98 Å². The number of aromatic nitrogens is 2. The van der Waals surface area contributed by atoms with Gasteiger partial charge in [0.25, 0.3) is 0 Å². The lowest BCUT2D eigenvalue weighted by Crippen LogP contribution is -2.29. The summed E-state index contributed by atoms with van der Waals surface area (Å²) in [5.41, 5.74) is 8.17. The molecule has 1 aliphatic heterocycles. The average molecular weight is 391 g/mol. The van der Waals surface area contributed by atoms with E-state index < -0.39 is 0 Å². The van der Waals surface area contributed by atoms with E-state index in [2.05, 4.69) is 20.6 Å². The Labute approximate surface area is 170 Å². The average Bonchev–Trinajstić information content (AvgIpc) is 3.27. The van der Waals surface area contributed by atoms with Gasteiger partial charge in [-0.05, 0) is 55.8 Å². The van der Waals surface area contributed by atoms with Gasteiger partial charge < -0.3 is 25.8 Å². The second-order valence-corrected chi connectivity index (χ2v) is 6.99. The van der Waals surface area contributed by atoms with Gasteiger partial charge in [0.15, 0.2) is 5.82 Å². The van der Waals surface area contributed by atoms with Crippen LogP contribution in [-0.4, -0.2) is 36.2 Å². The molecule has 0 saturated carbocycles. The van der Waals surface area contributed by atoms with Gasteiger partial charge in [-0.2, -0.15) is 4.98 Å². The van der Waals surface area contributed by atoms with E-state index in [4.69, 9.17) is 15.2 Å². The zero-order chi connectivity index (χ0) is 20.1. The molecule has 3 aromatic rings. The number of nitrogen functional groups attached to an aromatic ring is 1. The summed E-state index contributed by atoms with van der Waals surface area (Å²) >= 11 is 0. The Morgan fingerprint density at radius 2 is 2.00 bits per heavy atom. The number of nitrogens with one attached hydrogen (secondary N) is 2. The van der Waals surface area contributed by atoms with E-state index in [1.54, 1.807) is 13.3 Å². The van der Waals surface area contributed by atoms with Gasteiger partial charge in [-0.15, -0.1) is 0 Å². The third kappa shape index (κ3) is 4.75. The van der Waals surface area contributed by atoms with E-state index in [0.29, 0.717) is 29.2 Å². The number of hydrogen-bond donors (Lipinski definition) is 3. The third-order valence-electron chi connectivity index (χ3n) is 4.87. The molecule has 0 spiro atoms. The molecule has 29 heavy (non-hydrogen) atoms. The maximum absolute atomic E-state index is 6.10. The number of rotatable bonds is 7. The molecule has 7 heteroatoms. The molecule has 1 saturated heterocycles. The Kier molecular flexibility index (Phi) is 5.76. The molecular formula is C22H25N5O2. The summed E-state index contributed by atoms with van der Waals surface area (Å²) in [6.07, 6.45) is 4.12. The first-order chi connectivity index (χ1) is 14.2. The normalized spacial score (nSPS) is 15.8. The zero-order valence-electron chi connectivity index (χ0n) is 16.4. The highest BCUT2D eigenvalue weighted by atomic mass is 16.5. The molecule has 0 bridgehead atoms. The molecule has 7 nitrogen and oxygen atoms in total. The minimum atomic E-state index is 0.442. The van der Waals surface area contributed by atoms with Crippen LogP contribution in [0.5, 0.6) is 17.4 Å². The number of hydrogen-bond acceptors (Lipinski definition) is 7. The number of ether oxygens (including phenoxy) is 2. The smallest absolute Gasteiger partial charge is 0.246 e. The first kappa shape index (κ1) is 19.0. The van der Waals surface area contributed by atoms with E-state index in [1.165, 1.54) is 6.42 Å². The standard InChI is InChI=1S/C22H25N5O2/c1-28-18-7-9-19(10-8-18)29-22-20(25-13-17-6-3-11-24-17)14-26-21(27-22)15-4-2-5-16(23)12-15/h2,4-5,7-10,12,14,17,24-25H,3,6,11,13,23H2,1H3/t17-/m0/s1. The highest BCUT2D eigenvalue weighted by Crippen LogP contribution is 2.30. The predicted octanol–water partition coefficient (Wildman–Crippen LogP) is 3.69. The van der Waals surface area contributed by atoms with Crippen LogP contribution in [0.4, 0.5) is 11.4 Å². The highest BCUT2D eigenvalue weighted by molar-refractivity contribution is 5.64. The van der Waals surface area contributed by atoms with Crippen molar-refractivity contribution in [2.75, 3.05) is 31.2 Å². The molecule has 0 amide bonds. The topological polar surface area (TPSA) is 94.3 Å². The molecule has 0 radical (unpaired) electrons. The molecule has 4 rings (SSSR count). The Bertz CT molecular complexity index is 956. The van der Waals surface area contributed by atoms with Gasteiger partial charge in [-0.3, -0.25) is 0 Å². The maximum Gasteiger partial charge on any atom is 0.246 e. The van der Waals surface area contributed by atoms with Crippen molar-refractivity contribution in [3.63, 3.8) is 0 Å². The van der Waals surface area contributed by atoms with Crippen LogP contribution in [0.3, 0.4) is 0 Å². The summed E-state index contributed by atoms with van der Waals surface area (Å²) in [4.78, 5) is 9.18. The van der Waals surface area contributed by atoms with Crippen LogP contribution >= 0.6 is 0 Å². The van der Waals surface area contributed by atoms with Crippen LogP contribution in [0.15, 0.2) is 54.7 Å². The molecule has 4 N–H and O–H groups in total. The van der Waals surface area contributed by atoms with Gasteiger partial charge >= 0.3 is 0 Å². The molecule has 0 unspecified atom stereocenters. The number of anilines is 2. The van der Waals surface area contributed by atoms with Crippen molar-refractivity contribution >= 4 is 11.4 Å². The monoisotopic (exact) mass is 391 g/mol. The number of nitrogens with zero attached hydrogens (tertiary/aromatic N) is 2. The van der Waals surface area contributed by atoms with Gasteiger partial charge in [-0.1, -0.05) is 12.1 Å². The second kappa shape index (κ2) is 8.79. The van der Waals surface area contributed by atoms with Crippen LogP contribution in [-0.2, 0) is 0 Å². The van der Waals surface area contributed by atoms with E-state index >= 15 is 0 Å². The van der Waals surface area contributed by atoms with E-state index in [9.17, 15) is 0 Å². The van der Waals surface area contributed by atoms with Crippen molar-refractivity contribution in [3.05, 3.63) is 54.7 Å². The lowest BCUT2D eigenvalue weighted by Gasteiger charge is -2.16. The Balaban J connectivity index is 1.61. The minimum Gasteiger partial charge on any atom is -0.497 e. The molecule has 2 heterocycles. The Morgan fingerprint density at radius 1 is 1.17 bits per heavy atom. The van der Waals surface area contributed by atoms with Crippen LogP contribution in [0, 0.1) is 0 Å². The van der Waals surface area contributed by atoms with E-state index in [1.807, 2.05) is 48.5 Å². The van der Waals surface area contributed by atoms with Gasteiger partial charge in [0, 0.05) is 23.8 Å². The SMILES string of the molecule is COc1ccc(Oc2nc(-c3cccc(N)c3)ncc2NC[C@@H]2CCCN2)cc1. The summed E-state index contributed by atoms with van der Waals surface area (Å²) in [6.45, 7) is 1.85. The number of benzene rings is 2. The Hall–Kier alpha value is -3.32. The van der Waals surface area contributed by atoms with Crippen molar-refractivity contribution in [3.8, 4) is 28.8 Å². The van der Waals surface area contributed by atoms with Gasteiger partial charge in [0.2, 0.25) is 5.88 Å². The van der Waals surface area contributed by atoms with E-state index in [0.717, 1.165) is 36.5 Å². The van der Waals surface area contributed by atoms with Crippen molar-refractivity contribution in [1.29, 1.82) is 0 Å². The molecule has 150 valence electrons. The third-order valence-corrected chi connectivity index (χ3v) is 4.87. The molecule has 1 aliphatic rings. The molecule has 2 aromatic carbocycles. The summed E-state index contributed by atoms with van der Waals surface area (Å²) in [7, 11) is 1.64. The largest absolute Gasteiger partial charge is 0.497 e. The first-order valence-electron chi connectivity index (χ1n) is 9.73. The van der Waals surface area contributed by atoms with Crippen molar-refractivity contribution in [2.24, 2.45) is 0 Å². The van der Waals surface area contributed by atoms with Gasteiger partial charge in [0.05, 0.1) is 13.3 Å². The lowest BCUT2D eigenvalue weighted by molar-refractivity contribution is 0.412. The molecule has 1 aromatic heterocycles. The highest BCUT2D eigenvalue weighted by Gasteiger charge is 2.16. The molecular weight excluding hydrogens is 366 g/mol. The molecule has 0 aliphatic carbocycles. The van der Waals surface area contributed by atoms with Crippen LogP contribution in [0.1, 0.15) is 12.8 Å². The van der Waals surface area contributed by atoms with Crippen LogP contribution in [0.25, 0.3) is 11.4 Å².